The molecule has 0 aliphatic heterocycles. The van der Waals surface area contributed by atoms with Crippen molar-refractivity contribution in [1.29, 1.82) is 0 Å². The molecule has 6 heteroatoms. The Labute approximate surface area is 81.4 Å². The van der Waals surface area contributed by atoms with Crippen LogP contribution in [0.5, 0.6) is 0 Å². The highest BCUT2D eigenvalue weighted by molar-refractivity contribution is 5.91. The Morgan fingerprint density at radius 2 is 2.36 bits per heavy atom. The fourth-order valence-electron chi connectivity index (χ4n) is 0.952. The average Bonchev–Trinajstić information content (AvgIpc) is 2.19. The Kier molecular flexibility index (Phi) is 3.81. The number of hydrogen-bond acceptors (Lipinski definition) is 5. The van der Waals surface area contributed by atoms with Crippen LogP contribution in [0.3, 0.4) is 0 Å². The molecular weight excluding hydrogens is 184 g/mol. The zero-order valence-corrected chi connectivity index (χ0v) is 7.82. The van der Waals surface area contributed by atoms with Gasteiger partial charge in [-0.05, 0) is 7.05 Å². The molecule has 0 unspecified atom stereocenters. The highest BCUT2D eigenvalue weighted by Crippen LogP contribution is 2.09. The quantitative estimate of drug-likeness (QED) is 0.566. The summed E-state index contributed by atoms with van der Waals surface area (Å²) in [6, 6.07) is 0. The molecule has 1 aromatic rings. The van der Waals surface area contributed by atoms with Crippen molar-refractivity contribution < 1.29 is 9.90 Å². The first kappa shape index (κ1) is 10.4. The summed E-state index contributed by atoms with van der Waals surface area (Å²) in [5.74, 6) is -1.06. The van der Waals surface area contributed by atoms with E-state index in [-0.39, 0.29) is 5.69 Å². The van der Waals surface area contributed by atoms with Gasteiger partial charge in [0.15, 0.2) is 5.69 Å². The maximum atomic E-state index is 10.7. The standard InChI is InChI=1S/C8H12N4O2/c1-9-2-3-11-6-4-10-5-12-7(6)8(13)14/h4-5,9,11H,2-3H2,1H3,(H,13,14). The Balaban J connectivity index is 2.69. The first-order chi connectivity index (χ1) is 6.75. The largest absolute Gasteiger partial charge is 0.476 e. The number of carboxylic acid groups (broad SMARTS) is 1. The molecule has 6 nitrogen and oxygen atoms in total. The second kappa shape index (κ2) is 5.13. The van der Waals surface area contributed by atoms with Gasteiger partial charge in [-0.2, -0.15) is 0 Å². The van der Waals surface area contributed by atoms with Crippen LogP contribution < -0.4 is 10.6 Å². The monoisotopic (exact) mass is 196 g/mol. The topological polar surface area (TPSA) is 87.1 Å². The number of carbonyl (C=O) groups is 1. The van der Waals surface area contributed by atoms with E-state index in [1.54, 1.807) is 0 Å². The minimum absolute atomic E-state index is 0.00361. The van der Waals surface area contributed by atoms with Gasteiger partial charge in [-0.25, -0.2) is 14.8 Å². The van der Waals surface area contributed by atoms with Crippen LogP contribution in [0.4, 0.5) is 5.69 Å². The van der Waals surface area contributed by atoms with Gasteiger partial charge in [0.25, 0.3) is 0 Å². The molecule has 0 amide bonds. The summed E-state index contributed by atoms with van der Waals surface area (Å²) in [5.41, 5.74) is 0.436. The highest BCUT2D eigenvalue weighted by Gasteiger charge is 2.10. The van der Waals surface area contributed by atoms with Crippen molar-refractivity contribution >= 4 is 11.7 Å². The molecule has 0 saturated heterocycles. The summed E-state index contributed by atoms with van der Waals surface area (Å²) in [6.45, 7) is 1.37. The van der Waals surface area contributed by atoms with Crippen molar-refractivity contribution in [2.45, 2.75) is 0 Å². The average molecular weight is 196 g/mol. The van der Waals surface area contributed by atoms with E-state index in [4.69, 9.17) is 5.11 Å². The molecule has 1 heterocycles. The summed E-state index contributed by atoms with van der Waals surface area (Å²) in [7, 11) is 1.82. The number of rotatable bonds is 5. The normalized spacial score (nSPS) is 9.79. The molecule has 0 aliphatic carbocycles. The van der Waals surface area contributed by atoms with Crippen molar-refractivity contribution in [3.05, 3.63) is 18.2 Å². The molecule has 14 heavy (non-hydrogen) atoms. The van der Waals surface area contributed by atoms with Crippen molar-refractivity contribution in [2.75, 3.05) is 25.5 Å². The van der Waals surface area contributed by atoms with E-state index < -0.39 is 5.97 Å². The molecule has 0 fully saturated rings. The van der Waals surface area contributed by atoms with Gasteiger partial charge < -0.3 is 15.7 Å². The van der Waals surface area contributed by atoms with E-state index in [0.29, 0.717) is 12.2 Å². The van der Waals surface area contributed by atoms with Crippen LogP contribution in [0.2, 0.25) is 0 Å². The van der Waals surface area contributed by atoms with Gasteiger partial charge in [-0.1, -0.05) is 0 Å². The molecule has 1 aromatic heterocycles. The lowest BCUT2D eigenvalue weighted by molar-refractivity contribution is 0.0691. The second-order valence-corrected chi connectivity index (χ2v) is 2.62. The molecule has 0 atom stereocenters. The Morgan fingerprint density at radius 1 is 1.57 bits per heavy atom. The SMILES string of the molecule is CNCCNc1cncnc1C(=O)O. The highest BCUT2D eigenvalue weighted by atomic mass is 16.4. The first-order valence-electron chi connectivity index (χ1n) is 4.17. The Morgan fingerprint density at radius 3 is 3.00 bits per heavy atom. The van der Waals surface area contributed by atoms with Gasteiger partial charge in [0, 0.05) is 13.1 Å². The minimum atomic E-state index is -1.06. The lowest BCUT2D eigenvalue weighted by Crippen LogP contribution is -2.19. The van der Waals surface area contributed by atoms with E-state index in [1.807, 2.05) is 7.05 Å². The predicted octanol–water partition coefficient (Wildman–Crippen LogP) is -0.194. The van der Waals surface area contributed by atoms with Gasteiger partial charge in [-0.3, -0.25) is 0 Å². The van der Waals surface area contributed by atoms with Crippen LogP contribution in [0.25, 0.3) is 0 Å². The van der Waals surface area contributed by atoms with Crippen molar-refractivity contribution in [2.24, 2.45) is 0 Å². The van der Waals surface area contributed by atoms with Gasteiger partial charge >= 0.3 is 5.97 Å². The summed E-state index contributed by atoms with van der Waals surface area (Å²) in [5, 5.41) is 14.6. The van der Waals surface area contributed by atoms with Crippen LogP contribution in [-0.4, -0.2) is 41.2 Å². The molecule has 76 valence electrons. The van der Waals surface area contributed by atoms with E-state index in [1.165, 1.54) is 12.5 Å². The number of nitrogens with one attached hydrogen (secondary N) is 2. The third-order valence-corrected chi connectivity index (χ3v) is 1.61. The molecule has 0 radical (unpaired) electrons. The minimum Gasteiger partial charge on any atom is -0.476 e. The molecule has 0 aliphatic rings. The molecule has 0 saturated carbocycles. The van der Waals surface area contributed by atoms with E-state index in [9.17, 15) is 4.79 Å². The predicted molar refractivity (Wildman–Crippen MR) is 51.4 cm³/mol. The first-order valence-corrected chi connectivity index (χ1v) is 4.17. The lowest BCUT2D eigenvalue weighted by Gasteiger charge is -2.06. The van der Waals surface area contributed by atoms with Crippen LogP contribution in [0, 0.1) is 0 Å². The summed E-state index contributed by atoms with van der Waals surface area (Å²) in [4.78, 5) is 18.1. The Hall–Kier alpha value is -1.69. The molecular formula is C8H12N4O2. The zero-order valence-electron chi connectivity index (χ0n) is 7.82. The molecule has 0 spiro atoms. The zero-order chi connectivity index (χ0) is 10.4. The fourth-order valence-corrected chi connectivity index (χ4v) is 0.952. The van der Waals surface area contributed by atoms with Gasteiger partial charge in [0.05, 0.1) is 11.9 Å². The number of likely N-dealkylation sites (N-methyl/N-ethyl adjacent to an activating group) is 1. The fraction of sp³-hybridized carbons (Fsp3) is 0.375. The number of aromatic nitrogens is 2. The number of carboxylic acids is 1. The van der Waals surface area contributed by atoms with Crippen molar-refractivity contribution in [1.82, 2.24) is 15.3 Å². The molecule has 3 N–H and O–H groups in total. The van der Waals surface area contributed by atoms with E-state index in [2.05, 4.69) is 20.6 Å². The summed E-state index contributed by atoms with van der Waals surface area (Å²) < 4.78 is 0. The van der Waals surface area contributed by atoms with Crippen molar-refractivity contribution in [3.8, 4) is 0 Å². The van der Waals surface area contributed by atoms with E-state index in [0.717, 1.165) is 6.54 Å². The number of anilines is 1. The smallest absolute Gasteiger partial charge is 0.356 e. The van der Waals surface area contributed by atoms with Gasteiger partial charge in [0.2, 0.25) is 0 Å². The molecule has 1 rings (SSSR count). The maximum Gasteiger partial charge on any atom is 0.356 e. The number of nitrogens with zero attached hydrogens (tertiary/aromatic N) is 2. The van der Waals surface area contributed by atoms with Gasteiger partial charge in [-0.15, -0.1) is 0 Å². The van der Waals surface area contributed by atoms with Crippen LogP contribution >= 0.6 is 0 Å². The van der Waals surface area contributed by atoms with Crippen molar-refractivity contribution in [3.63, 3.8) is 0 Å². The van der Waals surface area contributed by atoms with Crippen LogP contribution in [-0.2, 0) is 0 Å². The third kappa shape index (κ3) is 2.67. The van der Waals surface area contributed by atoms with Crippen LogP contribution in [0.1, 0.15) is 10.5 Å². The Bertz CT molecular complexity index is 316. The number of aromatic carboxylic acids is 1. The van der Waals surface area contributed by atoms with Gasteiger partial charge in [0.1, 0.15) is 6.33 Å². The maximum absolute atomic E-state index is 10.7. The second-order valence-electron chi connectivity index (χ2n) is 2.62. The summed E-state index contributed by atoms with van der Waals surface area (Å²) in [6.07, 6.45) is 2.67. The van der Waals surface area contributed by atoms with Crippen LogP contribution in [0.15, 0.2) is 12.5 Å². The lowest BCUT2D eigenvalue weighted by atomic mass is 10.3. The van der Waals surface area contributed by atoms with E-state index >= 15 is 0 Å². The molecule has 0 bridgehead atoms. The third-order valence-electron chi connectivity index (χ3n) is 1.61. The summed E-state index contributed by atoms with van der Waals surface area (Å²) >= 11 is 0. The number of hydrogen-bond donors (Lipinski definition) is 3. The molecule has 0 aromatic carbocycles.